The number of hydrogen-bond donors (Lipinski definition) is 0. The molecule has 0 saturated carbocycles. The Morgan fingerprint density at radius 1 is 1.33 bits per heavy atom. The van der Waals surface area contributed by atoms with Crippen molar-refractivity contribution < 1.29 is 9.18 Å². The van der Waals surface area contributed by atoms with Crippen LogP contribution >= 0.6 is 11.3 Å². The van der Waals surface area contributed by atoms with Gasteiger partial charge < -0.3 is 4.79 Å². The molecule has 0 saturated heterocycles. The van der Waals surface area contributed by atoms with E-state index in [0.717, 1.165) is 29.1 Å². The van der Waals surface area contributed by atoms with Gasteiger partial charge in [-0.1, -0.05) is 0 Å². The lowest BCUT2D eigenvalue weighted by Crippen LogP contribution is -1.92. The van der Waals surface area contributed by atoms with E-state index in [9.17, 15) is 9.18 Å². The highest BCUT2D eigenvalue weighted by atomic mass is 32.1. The Labute approximate surface area is 110 Å². The number of benzene rings is 1. The van der Waals surface area contributed by atoms with Gasteiger partial charge >= 0.3 is 0 Å². The highest BCUT2D eigenvalue weighted by Crippen LogP contribution is 2.23. The molecule has 0 amide bonds. The molecule has 0 unspecified atom stereocenters. The van der Waals surface area contributed by atoms with Crippen LogP contribution in [-0.2, 0) is 11.2 Å². The number of hydrogen-bond acceptors (Lipinski definition) is 3. The number of halogens is 1. The van der Waals surface area contributed by atoms with Gasteiger partial charge in [-0.25, -0.2) is 9.37 Å². The number of rotatable bonds is 5. The summed E-state index contributed by atoms with van der Waals surface area (Å²) in [5.41, 5.74) is 1.79. The van der Waals surface area contributed by atoms with E-state index in [-0.39, 0.29) is 11.6 Å². The van der Waals surface area contributed by atoms with Crippen LogP contribution in [0.5, 0.6) is 0 Å². The molecule has 0 aliphatic carbocycles. The molecule has 0 aliphatic heterocycles. The maximum Gasteiger partial charge on any atom is 0.129 e. The van der Waals surface area contributed by atoms with E-state index in [0.29, 0.717) is 6.42 Å². The molecular formula is C14H14FNOS. The Bertz CT molecular complexity index is 533. The summed E-state index contributed by atoms with van der Waals surface area (Å²) in [5.74, 6) is -0.0269. The third kappa shape index (κ3) is 3.47. The minimum Gasteiger partial charge on any atom is -0.300 e. The van der Waals surface area contributed by atoms with Crippen LogP contribution < -0.4 is 0 Å². The van der Waals surface area contributed by atoms with E-state index >= 15 is 0 Å². The van der Waals surface area contributed by atoms with Gasteiger partial charge in [-0.2, -0.15) is 0 Å². The van der Waals surface area contributed by atoms with Crippen LogP contribution in [0.15, 0.2) is 29.6 Å². The van der Waals surface area contributed by atoms with Crippen LogP contribution in [0, 0.1) is 5.82 Å². The van der Waals surface area contributed by atoms with Crippen LogP contribution in [0.3, 0.4) is 0 Å². The third-order valence-corrected chi connectivity index (χ3v) is 3.52. The molecule has 1 aromatic carbocycles. The number of aromatic nitrogens is 1. The van der Waals surface area contributed by atoms with Crippen molar-refractivity contribution in [2.45, 2.75) is 26.2 Å². The van der Waals surface area contributed by atoms with Crippen molar-refractivity contribution in [3.05, 3.63) is 40.5 Å². The summed E-state index contributed by atoms with van der Waals surface area (Å²) in [6.07, 6.45) is 2.27. The first-order chi connectivity index (χ1) is 8.65. The third-order valence-electron chi connectivity index (χ3n) is 2.61. The molecule has 0 atom stereocenters. The molecule has 0 bridgehead atoms. The summed E-state index contributed by atoms with van der Waals surface area (Å²) in [7, 11) is 0. The van der Waals surface area contributed by atoms with Gasteiger partial charge in [0.15, 0.2) is 0 Å². The first-order valence-electron chi connectivity index (χ1n) is 5.85. The van der Waals surface area contributed by atoms with Gasteiger partial charge in [0, 0.05) is 17.4 Å². The summed E-state index contributed by atoms with van der Waals surface area (Å²) in [6, 6.07) is 6.32. The summed E-state index contributed by atoms with van der Waals surface area (Å²) in [4.78, 5) is 15.3. The van der Waals surface area contributed by atoms with Crippen molar-refractivity contribution in [1.82, 2.24) is 4.98 Å². The minimum absolute atomic E-state index is 0.213. The van der Waals surface area contributed by atoms with Crippen LogP contribution in [-0.4, -0.2) is 10.8 Å². The van der Waals surface area contributed by atoms with Gasteiger partial charge in [0.05, 0.1) is 10.7 Å². The second-order valence-electron chi connectivity index (χ2n) is 4.19. The molecule has 0 N–H and O–H groups in total. The van der Waals surface area contributed by atoms with Gasteiger partial charge in [-0.3, -0.25) is 0 Å². The zero-order chi connectivity index (χ0) is 13.0. The average molecular weight is 263 g/mol. The molecule has 2 nitrogen and oxygen atoms in total. The number of thiazole rings is 1. The van der Waals surface area contributed by atoms with Crippen molar-refractivity contribution in [3.63, 3.8) is 0 Å². The molecule has 18 heavy (non-hydrogen) atoms. The lowest BCUT2D eigenvalue weighted by Gasteiger charge is -1.96. The fourth-order valence-corrected chi connectivity index (χ4v) is 2.52. The van der Waals surface area contributed by atoms with Crippen LogP contribution in [0.4, 0.5) is 4.39 Å². The molecule has 2 aromatic rings. The molecule has 1 aromatic heterocycles. The van der Waals surface area contributed by atoms with Gasteiger partial charge in [0.1, 0.15) is 11.6 Å². The topological polar surface area (TPSA) is 30.0 Å². The smallest absolute Gasteiger partial charge is 0.129 e. The normalized spacial score (nSPS) is 10.6. The van der Waals surface area contributed by atoms with E-state index in [1.807, 2.05) is 5.38 Å². The number of Topliss-reactive ketones (excluding diaryl/α,β-unsaturated/α-hetero) is 1. The predicted molar refractivity (Wildman–Crippen MR) is 71.1 cm³/mol. The maximum atomic E-state index is 12.8. The first-order valence-corrected chi connectivity index (χ1v) is 6.73. The molecule has 1 heterocycles. The van der Waals surface area contributed by atoms with Crippen molar-refractivity contribution in [3.8, 4) is 11.3 Å². The lowest BCUT2D eigenvalue weighted by molar-refractivity contribution is -0.117. The van der Waals surface area contributed by atoms with Crippen molar-refractivity contribution >= 4 is 17.1 Å². The lowest BCUT2D eigenvalue weighted by atomic mass is 10.2. The minimum atomic E-state index is -0.240. The average Bonchev–Trinajstić information content (AvgIpc) is 2.78. The van der Waals surface area contributed by atoms with Crippen molar-refractivity contribution in [2.24, 2.45) is 0 Å². The Morgan fingerprint density at radius 2 is 2.06 bits per heavy atom. The van der Waals surface area contributed by atoms with Crippen LogP contribution in [0.1, 0.15) is 24.8 Å². The zero-order valence-corrected chi connectivity index (χ0v) is 11.0. The second kappa shape index (κ2) is 5.87. The standard InChI is InChI=1S/C14H14FNOS/c1-10(17)3-2-4-14-16-13(9-18-14)11-5-7-12(15)8-6-11/h5-9H,2-4H2,1H3. The molecule has 0 radical (unpaired) electrons. The van der Waals surface area contributed by atoms with Gasteiger partial charge in [-0.05, 0) is 44.0 Å². The van der Waals surface area contributed by atoms with E-state index < -0.39 is 0 Å². The summed E-state index contributed by atoms with van der Waals surface area (Å²) in [6.45, 7) is 1.60. The molecule has 0 spiro atoms. The molecule has 4 heteroatoms. The summed E-state index contributed by atoms with van der Waals surface area (Å²) < 4.78 is 12.8. The van der Waals surface area contributed by atoms with Gasteiger partial charge in [0.2, 0.25) is 0 Å². The Balaban J connectivity index is 2.01. The van der Waals surface area contributed by atoms with E-state index in [4.69, 9.17) is 0 Å². The highest BCUT2D eigenvalue weighted by molar-refractivity contribution is 7.09. The monoisotopic (exact) mass is 263 g/mol. The largest absolute Gasteiger partial charge is 0.300 e. The number of carbonyl (C=O) groups is 1. The fraction of sp³-hybridized carbons (Fsp3) is 0.286. The van der Waals surface area contributed by atoms with Crippen LogP contribution in [0.2, 0.25) is 0 Å². The Hall–Kier alpha value is -1.55. The van der Waals surface area contributed by atoms with Crippen molar-refractivity contribution in [1.29, 1.82) is 0 Å². The molecule has 94 valence electrons. The zero-order valence-electron chi connectivity index (χ0n) is 10.1. The maximum absolute atomic E-state index is 12.8. The summed E-state index contributed by atoms with van der Waals surface area (Å²) in [5, 5.41) is 2.99. The number of carbonyl (C=O) groups excluding carboxylic acids is 1. The number of aryl methyl sites for hydroxylation is 1. The second-order valence-corrected chi connectivity index (χ2v) is 5.13. The Kier molecular flexibility index (Phi) is 4.20. The summed E-state index contributed by atoms with van der Waals surface area (Å²) >= 11 is 1.58. The van der Waals surface area contributed by atoms with E-state index in [1.165, 1.54) is 12.1 Å². The fourth-order valence-electron chi connectivity index (χ4n) is 1.67. The first kappa shape index (κ1) is 12.9. The van der Waals surface area contributed by atoms with E-state index in [1.54, 1.807) is 30.4 Å². The molecular weight excluding hydrogens is 249 g/mol. The SMILES string of the molecule is CC(=O)CCCc1nc(-c2ccc(F)cc2)cs1. The van der Waals surface area contributed by atoms with E-state index in [2.05, 4.69) is 4.98 Å². The molecule has 0 aliphatic rings. The number of nitrogens with zero attached hydrogens (tertiary/aromatic N) is 1. The quantitative estimate of drug-likeness (QED) is 0.820. The van der Waals surface area contributed by atoms with Crippen LogP contribution in [0.25, 0.3) is 11.3 Å². The highest BCUT2D eigenvalue weighted by Gasteiger charge is 2.05. The van der Waals surface area contributed by atoms with Gasteiger partial charge in [-0.15, -0.1) is 11.3 Å². The Morgan fingerprint density at radius 3 is 2.72 bits per heavy atom. The van der Waals surface area contributed by atoms with Gasteiger partial charge in [0.25, 0.3) is 0 Å². The predicted octanol–water partition coefficient (Wildman–Crippen LogP) is 3.86. The van der Waals surface area contributed by atoms with Crippen molar-refractivity contribution in [2.75, 3.05) is 0 Å². The molecule has 2 rings (SSSR count). The number of ketones is 1. The molecule has 0 fully saturated rings.